The van der Waals surface area contributed by atoms with E-state index in [2.05, 4.69) is 5.32 Å². The third-order valence-electron chi connectivity index (χ3n) is 1.72. The van der Waals surface area contributed by atoms with Gasteiger partial charge in [-0.1, -0.05) is 11.8 Å². The predicted octanol–water partition coefficient (Wildman–Crippen LogP) is 1.20. The van der Waals surface area contributed by atoms with Crippen LogP contribution in [0, 0.1) is 0 Å². The molecule has 2 N–H and O–H groups in total. The number of carbonyl (C=O) groups excluding carboxylic acids is 1. The Bertz CT molecular complexity index is 374. The van der Waals surface area contributed by atoms with E-state index in [0.717, 1.165) is 0 Å². The minimum Gasteiger partial charge on any atom is -0.480 e. The number of carboxylic acids is 1. The van der Waals surface area contributed by atoms with Gasteiger partial charge in [-0.2, -0.15) is 0 Å². The molecule has 1 aromatic rings. The number of amides is 1. The lowest BCUT2D eigenvalue weighted by atomic mass is 10.3. The van der Waals surface area contributed by atoms with Crippen LogP contribution in [0.2, 0.25) is 0 Å². The molecule has 0 fully saturated rings. The molecule has 15 heavy (non-hydrogen) atoms. The van der Waals surface area contributed by atoms with E-state index >= 15 is 0 Å². The molecule has 0 aliphatic heterocycles. The average molecular weight is 229 g/mol. The molecule has 82 valence electrons. The van der Waals surface area contributed by atoms with Crippen LogP contribution in [0.1, 0.15) is 17.5 Å². The molecule has 0 unspecified atom stereocenters. The molecule has 0 aliphatic rings. The zero-order valence-corrected chi connectivity index (χ0v) is 9.13. The molecule has 1 rings (SSSR count). The standard InChI is InChI=1S/C9H11NO4S/c1-5(9(12)13)10-8(11)6-3-4-7(14-6)15-2/h3-5H,1-2H3,(H,10,11)(H,12,13)/t5-/m0/s1. The lowest BCUT2D eigenvalue weighted by molar-refractivity contribution is -0.138. The van der Waals surface area contributed by atoms with E-state index in [4.69, 9.17) is 9.52 Å². The number of carbonyl (C=O) groups is 2. The fourth-order valence-electron chi connectivity index (χ4n) is 0.881. The second-order valence-corrected chi connectivity index (χ2v) is 3.67. The summed E-state index contributed by atoms with van der Waals surface area (Å²) < 4.78 is 5.13. The molecule has 0 saturated heterocycles. The van der Waals surface area contributed by atoms with Crippen molar-refractivity contribution in [2.75, 3.05) is 6.26 Å². The van der Waals surface area contributed by atoms with Crippen molar-refractivity contribution in [1.29, 1.82) is 0 Å². The van der Waals surface area contributed by atoms with Gasteiger partial charge in [-0.15, -0.1) is 0 Å². The van der Waals surface area contributed by atoms with Crippen LogP contribution in [0.15, 0.2) is 21.6 Å². The summed E-state index contributed by atoms with van der Waals surface area (Å²) in [5.74, 6) is -1.49. The molecule has 0 aromatic carbocycles. The summed E-state index contributed by atoms with van der Waals surface area (Å²) in [5.41, 5.74) is 0. The smallest absolute Gasteiger partial charge is 0.325 e. The van der Waals surface area contributed by atoms with Gasteiger partial charge in [-0.05, 0) is 25.3 Å². The number of carboxylic acid groups (broad SMARTS) is 1. The maximum atomic E-state index is 11.4. The number of hydrogen-bond donors (Lipinski definition) is 2. The van der Waals surface area contributed by atoms with Crippen LogP contribution in [-0.2, 0) is 4.79 Å². The third-order valence-corrected chi connectivity index (χ3v) is 2.35. The highest BCUT2D eigenvalue weighted by Gasteiger charge is 2.17. The highest BCUT2D eigenvalue weighted by Crippen LogP contribution is 2.17. The summed E-state index contributed by atoms with van der Waals surface area (Å²) in [7, 11) is 0. The highest BCUT2D eigenvalue weighted by molar-refractivity contribution is 7.98. The molecule has 0 spiro atoms. The molecule has 5 nitrogen and oxygen atoms in total. The molecule has 0 aliphatic carbocycles. The van der Waals surface area contributed by atoms with Gasteiger partial charge in [0.05, 0.1) is 0 Å². The van der Waals surface area contributed by atoms with Crippen molar-refractivity contribution in [2.45, 2.75) is 18.1 Å². The summed E-state index contributed by atoms with van der Waals surface area (Å²) in [6.07, 6.45) is 1.82. The van der Waals surface area contributed by atoms with Crippen molar-refractivity contribution in [2.24, 2.45) is 0 Å². The fraction of sp³-hybridized carbons (Fsp3) is 0.333. The Kier molecular flexibility index (Phi) is 3.79. The van der Waals surface area contributed by atoms with Crippen molar-refractivity contribution in [3.63, 3.8) is 0 Å². The zero-order valence-electron chi connectivity index (χ0n) is 8.31. The molecule has 0 bridgehead atoms. The lowest BCUT2D eigenvalue weighted by Crippen LogP contribution is -2.38. The van der Waals surface area contributed by atoms with Gasteiger partial charge in [0.2, 0.25) is 0 Å². The lowest BCUT2D eigenvalue weighted by Gasteiger charge is -2.06. The van der Waals surface area contributed by atoms with Crippen molar-refractivity contribution < 1.29 is 19.1 Å². The Hall–Kier alpha value is -1.43. The van der Waals surface area contributed by atoms with E-state index in [1.165, 1.54) is 24.8 Å². The van der Waals surface area contributed by atoms with E-state index in [-0.39, 0.29) is 5.76 Å². The monoisotopic (exact) mass is 229 g/mol. The number of rotatable bonds is 4. The average Bonchev–Trinajstić information content (AvgIpc) is 2.65. The Morgan fingerprint density at radius 3 is 2.67 bits per heavy atom. The van der Waals surface area contributed by atoms with Crippen LogP contribution in [-0.4, -0.2) is 29.3 Å². The zero-order chi connectivity index (χ0) is 11.4. The Morgan fingerprint density at radius 2 is 2.20 bits per heavy atom. The Morgan fingerprint density at radius 1 is 1.53 bits per heavy atom. The largest absolute Gasteiger partial charge is 0.480 e. The maximum absolute atomic E-state index is 11.4. The molecule has 1 heterocycles. The van der Waals surface area contributed by atoms with Gasteiger partial charge in [-0.25, -0.2) is 0 Å². The van der Waals surface area contributed by atoms with Gasteiger partial charge >= 0.3 is 5.97 Å². The first kappa shape index (κ1) is 11.6. The first-order valence-electron chi connectivity index (χ1n) is 4.22. The highest BCUT2D eigenvalue weighted by atomic mass is 32.2. The first-order chi connectivity index (χ1) is 7.04. The van der Waals surface area contributed by atoms with Gasteiger partial charge in [0.15, 0.2) is 10.9 Å². The predicted molar refractivity (Wildman–Crippen MR) is 55.1 cm³/mol. The fourth-order valence-corrected chi connectivity index (χ4v) is 1.26. The number of furan rings is 1. The summed E-state index contributed by atoms with van der Waals surface area (Å²) in [5, 5.41) is 11.5. The van der Waals surface area contributed by atoms with Crippen molar-refractivity contribution >= 4 is 23.6 Å². The van der Waals surface area contributed by atoms with E-state index in [1.807, 2.05) is 6.26 Å². The van der Waals surface area contributed by atoms with Gasteiger partial charge in [-0.3, -0.25) is 9.59 Å². The van der Waals surface area contributed by atoms with E-state index in [1.54, 1.807) is 6.07 Å². The molecule has 1 amide bonds. The van der Waals surface area contributed by atoms with Gasteiger partial charge in [0.1, 0.15) is 6.04 Å². The van der Waals surface area contributed by atoms with E-state index < -0.39 is 17.9 Å². The number of thioether (sulfide) groups is 1. The number of aliphatic carboxylic acids is 1. The number of hydrogen-bond acceptors (Lipinski definition) is 4. The third kappa shape index (κ3) is 3.02. The van der Waals surface area contributed by atoms with Crippen LogP contribution >= 0.6 is 11.8 Å². The summed E-state index contributed by atoms with van der Waals surface area (Å²) in [6.45, 7) is 1.39. The minimum absolute atomic E-state index is 0.118. The van der Waals surface area contributed by atoms with Crippen molar-refractivity contribution in [1.82, 2.24) is 5.32 Å². The normalized spacial score (nSPS) is 12.1. The Labute approximate surface area is 90.8 Å². The van der Waals surface area contributed by atoms with Crippen molar-refractivity contribution in [3.8, 4) is 0 Å². The van der Waals surface area contributed by atoms with E-state index in [9.17, 15) is 9.59 Å². The first-order valence-corrected chi connectivity index (χ1v) is 5.44. The second-order valence-electron chi connectivity index (χ2n) is 2.86. The van der Waals surface area contributed by atoms with Gasteiger partial charge in [0, 0.05) is 0 Å². The summed E-state index contributed by atoms with van der Waals surface area (Å²) in [4.78, 5) is 21.9. The molecular formula is C9H11NO4S. The van der Waals surface area contributed by atoms with Crippen LogP contribution in [0.4, 0.5) is 0 Å². The van der Waals surface area contributed by atoms with Crippen molar-refractivity contribution in [3.05, 3.63) is 17.9 Å². The molecule has 0 saturated carbocycles. The molecule has 0 radical (unpaired) electrons. The van der Waals surface area contributed by atoms with Crippen LogP contribution in [0.3, 0.4) is 0 Å². The van der Waals surface area contributed by atoms with Crippen LogP contribution < -0.4 is 5.32 Å². The molecule has 1 aromatic heterocycles. The SMILES string of the molecule is CSc1ccc(C(=O)N[C@@H](C)C(=O)O)o1. The Balaban J connectivity index is 2.65. The van der Waals surface area contributed by atoms with Gasteiger partial charge < -0.3 is 14.8 Å². The second kappa shape index (κ2) is 4.88. The topological polar surface area (TPSA) is 79.5 Å². The van der Waals surface area contributed by atoms with Gasteiger partial charge in [0.25, 0.3) is 5.91 Å². The molecule has 1 atom stereocenters. The number of nitrogens with one attached hydrogen (secondary N) is 1. The maximum Gasteiger partial charge on any atom is 0.325 e. The summed E-state index contributed by atoms with van der Waals surface area (Å²) >= 11 is 1.37. The molecular weight excluding hydrogens is 218 g/mol. The quantitative estimate of drug-likeness (QED) is 0.758. The minimum atomic E-state index is -1.08. The van der Waals surface area contributed by atoms with Crippen LogP contribution in [0.25, 0.3) is 0 Å². The summed E-state index contributed by atoms with van der Waals surface area (Å²) in [6, 6.07) is 2.24. The van der Waals surface area contributed by atoms with Crippen LogP contribution in [0.5, 0.6) is 0 Å². The molecule has 6 heteroatoms. The van der Waals surface area contributed by atoms with E-state index in [0.29, 0.717) is 5.09 Å².